The summed E-state index contributed by atoms with van der Waals surface area (Å²) in [5.74, 6) is -0.153. The molecule has 0 aliphatic carbocycles. The molecule has 0 radical (unpaired) electrons. The molecule has 0 bridgehead atoms. The van der Waals surface area contributed by atoms with Crippen LogP contribution in [0.25, 0.3) is 0 Å². The number of benzene rings is 1. The van der Waals surface area contributed by atoms with Crippen molar-refractivity contribution in [3.05, 3.63) is 18.2 Å². The number of hydrogen-bond donors (Lipinski definition) is 2. The smallest absolute Gasteiger partial charge is 0.422 e. The molecule has 1 amide bonds. The van der Waals surface area contributed by atoms with Crippen LogP contribution in [0.5, 0.6) is 5.75 Å². The Hall–Kier alpha value is -2.12. The van der Waals surface area contributed by atoms with Crippen molar-refractivity contribution in [2.45, 2.75) is 6.18 Å². The van der Waals surface area contributed by atoms with Gasteiger partial charge in [-0.1, -0.05) is 0 Å². The highest BCUT2D eigenvalue weighted by Crippen LogP contribution is 2.26. The van der Waals surface area contributed by atoms with E-state index in [1.807, 2.05) is 5.32 Å². The molecule has 1 aromatic carbocycles. The fourth-order valence-corrected chi connectivity index (χ4v) is 1.01. The molecule has 0 aromatic heterocycles. The summed E-state index contributed by atoms with van der Waals surface area (Å²) >= 11 is 0. The number of carboxylic acid groups (broad SMARTS) is 1. The molecule has 0 spiro atoms. The lowest BCUT2D eigenvalue weighted by Crippen LogP contribution is -2.29. The molecule has 8 heteroatoms. The second kappa shape index (κ2) is 4.81. The van der Waals surface area contributed by atoms with Crippen molar-refractivity contribution in [3.8, 4) is 5.75 Å². The third kappa shape index (κ3) is 4.49. The third-order valence-electron chi connectivity index (χ3n) is 1.66. The van der Waals surface area contributed by atoms with E-state index in [0.717, 1.165) is 6.07 Å². The minimum Gasteiger partial charge on any atom is -0.530 e. The highest BCUT2D eigenvalue weighted by atomic mass is 19.4. The lowest BCUT2D eigenvalue weighted by molar-refractivity contribution is -0.242. The van der Waals surface area contributed by atoms with Gasteiger partial charge in [0.15, 0.2) is 6.61 Å². The Balaban J connectivity index is 2.78. The van der Waals surface area contributed by atoms with Crippen molar-refractivity contribution >= 4 is 17.5 Å². The van der Waals surface area contributed by atoms with Gasteiger partial charge in [0.05, 0.1) is 11.4 Å². The van der Waals surface area contributed by atoms with E-state index in [4.69, 9.17) is 5.73 Å². The number of anilines is 2. The van der Waals surface area contributed by atoms with E-state index in [1.54, 1.807) is 0 Å². The Kier molecular flexibility index (Phi) is 3.66. The first-order valence-electron chi connectivity index (χ1n) is 4.35. The van der Waals surface area contributed by atoms with E-state index >= 15 is 0 Å². The molecule has 3 N–H and O–H groups in total. The fourth-order valence-electron chi connectivity index (χ4n) is 1.01. The van der Waals surface area contributed by atoms with Crippen LogP contribution in [0.2, 0.25) is 0 Å². The normalized spacial score (nSPS) is 11.0. The summed E-state index contributed by atoms with van der Waals surface area (Å²) in [6.07, 6.45) is -6.09. The second-order valence-corrected chi connectivity index (χ2v) is 3.07. The standard InChI is InChI=1S/C9H9F3N2O3/c10-9(11,12)4-17-5-1-2-6(13)7(3-5)14-8(15)16/h1-3,14H,4,13H2,(H,15,16)/p-1. The van der Waals surface area contributed by atoms with Crippen molar-refractivity contribution in [1.29, 1.82) is 0 Å². The maximum Gasteiger partial charge on any atom is 0.422 e. The van der Waals surface area contributed by atoms with Gasteiger partial charge in [-0.25, -0.2) is 0 Å². The molecule has 0 saturated carbocycles. The van der Waals surface area contributed by atoms with Gasteiger partial charge in [-0.2, -0.15) is 13.2 Å². The summed E-state index contributed by atoms with van der Waals surface area (Å²) < 4.78 is 40.0. The highest BCUT2D eigenvalue weighted by Gasteiger charge is 2.28. The Morgan fingerprint density at radius 2 is 2.12 bits per heavy atom. The van der Waals surface area contributed by atoms with Crippen molar-refractivity contribution in [2.24, 2.45) is 0 Å². The van der Waals surface area contributed by atoms with Gasteiger partial charge >= 0.3 is 6.18 Å². The van der Waals surface area contributed by atoms with E-state index < -0.39 is 18.9 Å². The number of nitrogens with one attached hydrogen (secondary N) is 1. The van der Waals surface area contributed by atoms with Crippen molar-refractivity contribution in [3.63, 3.8) is 0 Å². The molecular weight excluding hydrogens is 241 g/mol. The van der Waals surface area contributed by atoms with Gasteiger partial charge in [0.25, 0.3) is 0 Å². The van der Waals surface area contributed by atoms with Gasteiger partial charge in [0, 0.05) is 6.07 Å². The summed E-state index contributed by atoms with van der Waals surface area (Å²) in [5.41, 5.74) is 5.34. The van der Waals surface area contributed by atoms with Gasteiger partial charge in [-0.15, -0.1) is 0 Å². The summed E-state index contributed by atoms with van der Waals surface area (Å²) in [6.45, 7) is -1.47. The van der Waals surface area contributed by atoms with E-state index in [1.165, 1.54) is 12.1 Å². The topological polar surface area (TPSA) is 87.4 Å². The number of carbonyl (C=O) groups is 1. The molecule has 0 atom stereocenters. The van der Waals surface area contributed by atoms with Crippen LogP contribution in [0.1, 0.15) is 0 Å². The summed E-state index contributed by atoms with van der Waals surface area (Å²) in [7, 11) is 0. The van der Waals surface area contributed by atoms with E-state index in [0.29, 0.717) is 0 Å². The minimum absolute atomic E-state index is 0.0496. The number of alkyl halides is 3. The predicted molar refractivity (Wildman–Crippen MR) is 51.4 cm³/mol. The van der Waals surface area contributed by atoms with E-state index in [2.05, 4.69) is 4.74 Å². The zero-order valence-corrected chi connectivity index (χ0v) is 8.38. The van der Waals surface area contributed by atoms with Crippen LogP contribution < -0.4 is 20.9 Å². The number of amides is 1. The summed E-state index contributed by atoms with van der Waals surface area (Å²) in [6, 6.07) is 3.45. The first-order chi connectivity index (χ1) is 7.78. The lowest BCUT2D eigenvalue weighted by Gasteiger charge is -2.13. The van der Waals surface area contributed by atoms with Crippen LogP contribution in [0.4, 0.5) is 29.3 Å². The maximum absolute atomic E-state index is 11.9. The molecule has 94 valence electrons. The molecular formula is C9H8F3N2O3-. The first kappa shape index (κ1) is 12.9. The van der Waals surface area contributed by atoms with E-state index in [-0.39, 0.29) is 17.1 Å². The fraction of sp³-hybridized carbons (Fsp3) is 0.222. The van der Waals surface area contributed by atoms with Crippen LogP contribution in [0.15, 0.2) is 18.2 Å². The Labute approximate surface area is 94.0 Å². The van der Waals surface area contributed by atoms with Crippen LogP contribution in [0, 0.1) is 0 Å². The predicted octanol–water partition coefficient (Wildman–Crippen LogP) is 0.965. The van der Waals surface area contributed by atoms with Crippen LogP contribution in [-0.4, -0.2) is 18.9 Å². The Morgan fingerprint density at radius 1 is 1.47 bits per heavy atom. The number of halogens is 3. The highest BCUT2D eigenvalue weighted by molar-refractivity contribution is 5.86. The largest absolute Gasteiger partial charge is 0.530 e. The van der Waals surface area contributed by atoms with Gasteiger partial charge in [0.1, 0.15) is 11.8 Å². The molecule has 0 aliphatic rings. The summed E-state index contributed by atoms with van der Waals surface area (Å²) in [5, 5.41) is 12.1. The zero-order chi connectivity index (χ0) is 13.1. The average Bonchev–Trinajstić information content (AvgIpc) is 2.17. The average molecular weight is 249 g/mol. The number of rotatable bonds is 3. The monoisotopic (exact) mass is 249 g/mol. The second-order valence-electron chi connectivity index (χ2n) is 3.07. The van der Waals surface area contributed by atoms with Gasteiger partial charge in [-0.05, 0) is 12.1 Å². The molecule has 1 aromatic rings. The number of nitrogens with two attached hydrogens (primary N) is 1. The molecule has 0 fully saturated rings. The number of nitrogen functional groups attached to an aromatic ring is 1. The Morgan fingerprint density at radius 3 is 2.65 bits per heavy atom. The number of hydrogen-bond acceptors (Lipinski definition) is 4. The number of ether oxygens (including phenoxy) is 1. The van der Waals surface area contributed by atoms with Crippen LogP contribution in [-0.2, 0) is 0 Å². The molecule has 1 rings (SSSR count). The van der Waals surface area contributed by atoms with Gasteiger partial charge in [-0.3, -0.25) is 0 Å². The van der Waals surface area contributed by atoms with Crippen molar-refractivity contribution in [1.82, 2.24) is 0 Å². The number of carbonyl (C=O) groups excluding carboxylic acids is 1. The van der Waals surface area contributed by atoms with Gasteiger partial charge < -0.3 is 25.7 Å². The van der Waals surface area contributed by atoms with E-state index in [9.17, 15) is 23.1 Å². The minimum atomic E-state index is -4.47. The maximum atomic E-state index is 11.9. The molecule has 5 nitrogen and oxygen atoms in total. The van der Waals surface area contributed by atoms with Crippen LogP contribution >= 0.6 is 0 Å². The van der Waals surface area contributed by atoms with Crippen molar-refractivity contribution in [2.75, 3.05) is 17.7 Å². The Bertz CT molecular complexity index is 420. The van der Waals surface area contributed by atoms with Crippen LogP contribution in [0.3, 0.4) is 0 Å². The molecule has 0 aliphatic heterocycles. The zero-order valence-electron chi connectivity index (χ0n) is 8.38. The first-order valence-corrected chi connectivity index (χ1v) is 4.35. The lowest BCUT2D eigenvalue weighted by atomic mass is 10.2. The molecule has 0 saturated heterocycles. The molecule has 0 heterocycles. The quantitative estimate of drug-likeness (QED) is 0.781. The van der Waals surface area contributed by atoms with Crippen molar-refractivity contribution < 1.29 is 27.8 Å². The molecule has 0 unspecified atom stereocenters. The SMILES string of the molecule is Nc1ccc(OCC(F)(F)F)cc1NC(=O)[O-]. The van der Waals surface area contributed by atoms with Gasteiger partial charge in [0.2, 0.25) is 0 Å². The third-order valence-corrected chi connectivity index (χ3v) is 1.66. The summed E-state index contributed by atoms with van der Waals surface area (Å²) in [4.78, 5) is 10.3. The molecule has 17 heavy (non-hydrogen) atoms.